The highest BCUT2D eigenvalue weighted by molar-refractivity contribution is 7.99. The molecule has 0 aliphatic carbocycles. The van der Waals surface area contributed by atoms with Gasteiger partial charge < -0.3 is 19.9 Å². The van der Waals surface area contributed by atoms with Crippen LogP contribution in [0.3, 0.4) is 0 Å². The van der Waals surface area contributed by atoms with Crippen LogP contribution in [0.1, 0.15) is 36.1 Å². The van der Waals surface area contributed by atoms with Crippen LogP contribution in [0.2, 0.25) is 5.02 Å². The molecule has 2 N–H and O–H groups in total. The summed E-state index contributed by atoms with van der Waals surface area (Å²) in [4.78, 5) is 25.0. The van der Waals surface area contributed by atoms with Gasteiger partial charge in [0, 0.05) is 6.54 Å². The van der Waals surface area contributed by atoms with E-state index in [0.29, 0.717) is 39.5 Å². The molecule has 0 saturated heterocycles. The van der Waals surface area contributed by atoms with Gasteiger partial charge in [0.05, 0.1) is 35.2 Å². The number of hydrogen-bond donors (Lipinski definition) is 2. The molecule has 2 amide bonds. The molecule has 3 aromatic rings. The lowest BCUT2D eigenvalue weighted by molar-refractivity contribution is -0.113. The van der Waals surface area contributed by atoms with Crippen molar-refractivity contribution in [1.82, 2.24) is 20.1 Å². The highest BCUT2D eigenvalue weighted by atomic mass is 35.5. The number of benzene rings is 2. The number of amides is 2. The van der Waals surface area contributed by atoms with Gasteiger partial charge in [-0.15, -0.1) is 10.2 Å². The van der Waals surface area contributed by atoms with E-state index in [2.05, 4.69) is 20.8 Å². The number of nitrogens with one attached hydrogen (secondary N) is 2. The molecular formula is C22H24ClN5O3S. The third-order valence-electron chi connectivity index (χ3n) is 4.63. The van der Waals surface area contributed by atoms with Crippen LogP contribution < -0.4 is 15.4 Å². The third-order valence-corrected chi connectivity index (χ3v) is 5.92. The van der Waals surface area contributed by atoms with Crippen molar-refractivity contribution in [2.45, 2.75) is 31.6 Å². The summed E-state index contributed by atoms with van der Waals surface area (Å²) in [6.07, 6.45) is 0. The van der Waals surface area contributed by atoms with Crippen LogP contribution in [0.25, 0.3) is 0 Å². The Morgan fingerprint density at radius 2 is 1.88 bits per heavy atom. The lowest BCUT2D eigenvalue weighted by Gasteiger charge is -2.16. The minimum atomic E-state index is -0.397. The first-order valence-corrected chi connectivity index (χ1v) is 11.3. The second-order valence-electron chi connectivity index (χ2n) is 6.80. The van der Waals surface area contributed by atoms with Crippen LogP contribution in [0.15, 0.2) is 53.7 Å². The second-order valence-corrected chi connectivity index (χ2v) is 8.15. The summed E-state index contributed by atoms with van der Waals surface area (Å²) >= 11 is 7.35. The SMILES string of the molecule is CCn1c(SCC(=O)Nc2ccccc2Cl)nnc1[C@@H](C)NC(=O)c1ccccc1OC. The monoisotopic (exact) mass is 473 g/mol. The van der Waals surface area contributed by atoms with Crippen molar-refractivity contribution in [2.24, 2.45) is 0 Å². The number of methoxy groups -OCH3 is 1. The van der Waals surface area contributed by atoms with E-state index in [4.69, 9.17) is 16.3 Å². The van der Waals surface area contributed by atoms with E-state index >= 15 is 0 Å². The molecule has 0 radical (unpaired) electrons. The summed E-state index contributed by atoms with van der Waals surface area (Å²) < 4.78 is 7.14. The van der Waals surface area contributed by atoms with E-state index in [0.717, 1.165) is 0 Å². The van der Waals surface area contributed by atoms with Crippen LogP contribution >= 0.6 is 23.4 Å². The Morgan fingerprint density at radius 1 is 1.16 bits per heavy atom. The number of thioether (sulfide) groups is 1. The number of carbonyl (C=O) groups is 2. The molecule has 0 fully saturated rings. The predicted octanol–water partition coefficient (Wildman–Crippen LogP) is 4.18. The van der Waals surface area contributed by atoms with Crippen LogP contribution in [-0.2, 0) is 11.3 Å². The van der Waals surface area contributed by atoms with Crippen molar-refractivity contribution >= 4 is 40.9 Å². The highest BCUT2D eigenvalue weighted by Gasteiger charge is 2.21. The number of carbonyl (C=O) groups excluding carboxylic acids is 2. The number of anilines is 1. The molecule has 1 heterocycles. The summed E-state index contributed by atoms with van der Waals surface area (Å²) in [5.74, 6) is 0.770. The fourth-order valence-electron chi connectivity index (χ4n) is 3.07. The van der Waals surface area contributed by atoms with Gasteiger partial charge in [-0.3, -0.25) is 9.59 Å². The summed E-state index contributed by atoms with van der Waals surface area (Å²) in [6, 6.07) is 13.7. The first-order chi connectivity index (χ1) is 15.4. The number of nitrogens with zero attached hydrogens (tertiary/aromatic N) is 3. The largest absolute Gasteiger partial charge is 0.496 e. The summed E-state index contributed by atoms with van der Waals surface area (Å²) in [5.41, 5.74) is 1.00. The van der Waals surface area contributed by atoms with E-state index in [1.54, 1.807) is 48.5 Å². The second kappa shape index (κ2) is 11.0. The summed E-state index contributed by atoms with van der Waals surface area (Å²) in [5, 5.41) is 15.2. The van der Waals surface area contributed by atoms with Gasteiger partial charge in [-0.2, -0.15) is 0 Å². The number of rotatable bonds is 9. The molecule has 2 aromatic carbocycles. The molecule has 0 unspecified atom stereocenters. The zero-order valence-electron chi connectivity index (χ0n) is 18.0. The van der Waals surface area contributed by atoms with Crippen LogP contribution in [0.5, 0.6) is 5.75 Å². The summed E-state index contributed by atoms with van der Waals surface area (Å²) in [6.45, 7) is 4.38. The lowest BCUT2D eigenvalue weighted by atomic mass is 10.1. The van der Waals surface area contributed by atoms with Gasteiger partial charge in [0.25, 0.3) is 5.91 Å². The molecular weight excluding hydrogens is 450 g/mol. The van der Waals surface area contributed by atoms with E-state index in [1.165, 1.54) is 18.9 Å². The van der Waals surface area contributed by atoms with Gasteiger partial charge in [0.2, 0.25) is 5.91 Å². The predicted molar refractivity (Wildman–Crippen MR) is 125 cm³/mol. The number of hydrogen-bond acceptors (Lipinski definition) is 6. The lowest BCUT2D eigenvalue weighted by Crippen LogP contribution is -2.29. The minimum absolute atomic E-state index is 0.144. The van der Waals surface area contributed by atoms with E-state index in [-0.39, 0.29) is 17.6 Å². The van der Waals surface area contributed by atoms with Crippen molar-refractivity contribution < 1.29 is 14.3 Å². The zero-order valence-corrected chi connectivity index (χ0v) is 19.5. The topological polar surface area (TPSA) is 98.1 Å². The van der Waals surface area contributed by atoms with Gasteiger partial charge in [-0.25, -0.2) is 0 Å². The number of ether oxygens (including phenoxy) is 1. The molecule has 0 aliphatic heterocycles. The normalized spacial score (nSPS) is 11.6. The van der Waals surface area contributed by atoms with Crippen molar-refractivity contribution in [2.75, 3.05) is 18.2 Å². The van der Waals surface area contributed by atoms with E-state index < -0.39 is 6.04 Å². The van der Waals surface area contributed by atoms with Crippen molar-refractivity contribution in [3.05, 3.63) is 64.9 Å². The molecule has 8 nitrogen and oxygen atoms in total. The van der Waals surface area contributed by atoms with Gasteiger partial charge in [0.15, 0.2) is 11.0 Å². The molecule has 3 rings (SSSR count). The maximum absolute atomic E-state index is 12.7. The van der Waals surface area contributed by atoms with Crippen molar-refractivity contribution in [1.29, 1.82) is 0 Å². The number of aromatic nitrogens is 3. The Labute approximate surface area is 195 Å². The molecule has 0 saturated carbocycles. The van der Waals surface area contributed by atoms with Crippen molar-refractivity contribution in [3.8, 4) is 5.75 Å². The minimum Gasteiger partial charge on any atom is -0.496 e. The molecule has 0 spiro atoms. The van der Waals surface area contributed by atoms with Gasteiger partial charge in [-0.05, 0) is 38.1 Å². The molecule has 0 aliphatic rings. The Morgan fingerprint density at radius 3 is 2.59 bits per heavy atom. The van der Waals surface area contributed by atoms with Gasteiger partial charge >= 0.3 is 0 Å². The quantitative estimate of drug-likeness (QED) is 0.452. The molecule has 10 heteroatoms. The van der Waals surface area contributed by atoms with E-state index in [9.17, 15) is 9.59 Å². The maximum Gasteiger partial charge on any atom is 0.255 e. The average molecular weight is 474 g/mol. The molecule has 1 aromatic heterocycles. The first-order valence-electron chi connectivity index (χ1n) is 9.98. The van der Waals surface area contributed by atoms with Gasteiger partial charge in [-0.1, -0.05) is 47.6 Å². The van der Waals surface area contributed by atoms with Crippen LogP contribution in [0, 0.1) is 0 Å². The van der Waals surface area contributed by atoms with Crippen LogP contribution in [-0.4, -0.2) is 39.4 Å². The van der Waals surface area contributed by atoms with Crippen molar-refractivity contribution in [3.63, 3.8) is 0 Å². The first kappa shape index (κ1) is 23.6. The highest BCUT2D eigenvalue weighted by Crippen LogP contribution is 2.24. The van der Waals surface area contributed by atoms with Crippen LogP contribution in [0.4, 0.5) is 5.69 Å². The number of para-hydroxylation sites is 2. The molecule has 1 atom stereocenters. The Bertz CT molecular complexity index is 1100. The average Bonchev–Trinajstić information content (AvgIpc) is 3.22. The van der Waals surface area contributed by atoms with E-state index in [1.807, 2.05) is 18.4 Å². The zero-order chi connectivity index (χ0) is 23.1. The Balaban J connectivity index is 1.65. The Hall–Kier alpha value is -3.04. The maximum atomic E-state index is 12.7. The fourth-order valence-corrected chi connectivity index (χ4v) is 4.07. The standard InChI is InChI=1S/C22H24ClN5O3S/c1-4-28-20(14(2)24-21(30)15-9-5-8-12-18(15)31-3)26-27-22(28)32-13-19(29)25-17-11-7-6-10-16(17)23/h5-12,14H,4,13H2,1-3H3,(H,24,30)(H,25,29)/t14-/m1/s1. The fraction of sp³-hybridized carbons (Fsp3) is 0.273. The number of halogens is 1. The Kier molecular flexibility index (Phi) is 8.13. The smallest absolute Gasteiger partial charge is 0.255 e. The molecule has 32 heavy (non-hydrogen) atoms. The summed E-state index contributed by atoms with van der Waals surface area (Å²) in [7, 11) is 1.52. The molecule has 168 valence electrons. The molecule has 0 bridgehead atoms. The third kappa shape index (κ3) is 5.60. The van der Waals surface area contributed by atoms with Gasteiger partial charge in [0.1, 0.15) is 5.75 Å².